The number of hydrogen-bond acceptors (Lipinski definition) is 7. The van der Waals surface area contributed by atoms with Crippen molar-refractivity contribution in [2.75, 3.05) is 26.4 Å². The monoisotopic (exact) mass is 347 g/mol. The fourth-order valence-electron chi connectivity index (χ4n) is 3.91. The lowest BCUT2D eigenvalue weighted by atomic mass is 9.99. The van der Waals surface area contributed by atoms with Crippen molar-refractivity contribution in [1.82, 2.24) is 20.5 Å². The summed E-state index contributed by atoms with van der Waals surface area (Å²) in [6.45, 7) is 5.08. The van der Waals surface area contributed by atoms with Crippen molar-refractivity contribution in [1.29, 1.82) is 0 Å². The second kappa shape index (κ2) is 6.86. The minimum atomic E-state index is -0.306. The number of fused-ring (bicyclic) bond motifs is 1. The van der Waals surface area contributed by atoms with E-state index in [2.05, 4.69) is 32.6 Å². The number of hydrogen-bond donors (Lipinski definition) is 2. The molecule has 4 heterocycles. The van der Waals surface area contributed by atoms with Crippen molar-refractivity contribution >= 4 is 18.0 Å². The summed E-state index contributed by atoms with van der Waals surface area (Å²) in [5.41, 5.74) is 2.45. The molecule has 4 rings (SSSR count). The predicted octanol–water partition coefficient (Wildman–Crippen LogP) is -0.223. The Labute approximate surface area is 147 Å². The van der Waals surface area contributed by atoms with Gasteiger partial charge >= 0.3 is 0 Å². The van der Waals surface area contributed by atoms with Gasteiger partial charge in [-0.2, -0.15) is 5.10 Å². The Morgan fingerprint density at radius 3 is 2.88 bits per heavy atom. The van der Waals surface area contributed by atoms with Crippen LogP contribution in [-0.4, -0.2) is 72.5 Å². The second-order valence-electron chi connectivity index (χ2n) is 7.03. The molecule has 0 spiro atoms. The molecule has 25 heavy (non-hydrogen) atoms. The number of hydrazone groups is 1. The average molecular weight is 347 g/mol. The molecule has 4 aliphatic rings. The van der Waals surface area contributed by atoms with Gasteiger partial charge in [0, 0.05) is 38.7 Å². The highest BCUT2D eigenvalue weighted by Gasteiger charge is 2.39. The van der Waals surface area contributed by atoms with E-state index in [1.54, 1.807) is 0 Å². The molecule has 0 aromatic heterocycles. The van der Waals surface area contributed by atoms with Gasteiger partial charge in [0.05, 0.1) is 17.8 Å². The third-order valence-electron chi connectivity index (χ3n) is 5.46. The summed E-state index contributed by atoms with van der Waals surface area (Å²) in [4.78, 5) is 25.8. The van der Waals surface area contributed by atoms with Crippen LogP contribution in [0.15, 0.2) is 16.4 Å². The number of imide groups is 1. The normalized spacial score (nSPS) is 31.5. The SMILES string of the molecule is CCC1=C2[C@H](CC=NN2C2CNC2)OCN(C2CCC(=O)NC2=O)C1. The number of nitrogens with zero attached hydrogens (tertiary/aromatic N) is 3. The van der Waals surface area contributed by atoms with Crippen LogP contribution in [0.5, 0.6) is 0 Å². The number of piperidine rings is 1. The number of rotatable bonds is 3. The molecule has 4 aliphatic heterocycles. The van der Waals surface area contributed by atoms with E-state index < -0.39 is 0 Å². The Balaban J connectivity index is 1.59. The minimum Gasteiger partial charge on any atom is -0.356 e. The lowest BCUT2D eigenvalue weighted by molar-refractivity contribution is -0.139. The summed E-state index contributed by atoms with van der Waals surface area (Å²) in [5, 5.41) is 12.5. The van der Waals surface area contributed by atoms with Gasteiger partial charge in [-0.15, -0.1) is 0 Å². The standard InChI is InChI=1S/C17H25N5O3/c1-2-11-9-21(13-3-4-15(23)20-17(13)24)10-25-14-5-6-19-22(16(11)14)12-7-18-8-12/h6,12-14,18H,2-5,7-10H2,1H3,(H,20,23,24)/t13?,14-/m0/s1. The number of carbonyl (C=O) groups is 2. The fraction of sp³-hybridized carbons (Fsp3) is 0.706. The molecule has 8 nitrogen and oxygen atoms in total. The molecule has 0 aliphatic carbocycles. The van der Waals surface area contributed by atoms with Crippen LogP contribution in [0.1, 0.15) is 32.6 Å². The maximum absolute atomic E-state index is 12.3. The summed E-state index contributed by atoms with van der Waals surface area (Å²) < 4.78 is 6.18. The van der Waals surface area contributed by atoms with Crippen LogP contribution in [0, 0.1) is 0 Å². The molecule has 2 N–H and O–H groups in total. The molecule has 0 bridgehead atoms. The lowest BCUT2D eigenvalue weighted by Gasteiger charge is -2.41. The van der Waals surface area contributed by atoms with Crippen molar-refractivity contribution in [2.45, 2.75) is 50.8 Å². The molecular weight excluding hydrogens is 322 g/mol. The molecule has 2 saturated heterocycles. The molecule has 1 unspecified atom stereocenters. The minimum absolute atomic E-state index is 0.00802. The molecule has 0 radical (unpaired) electrons. The first kappa shape index (κ1) is 16.7. The Morgan fingerprint density at radius 1 is 1.36 bits per heavy atom. The highest BCUT2D eigenvalue weighted by molar-refractivity contribution is 6.00. The lowest BCUT2D eigenvalue weighted by Crippen LogP contribution is -2.57. The van der Waals surface area contributed by atoms with Crippen LogP contribution in [0.4, 0.5) is 0 Å². The van der Waals surface area contributed by atoms with Gasteiger partial charge in [0.1, 0.15) is 12.8 Å². The van der Waals surface area contributed by atoms with Gasteiger partial charge in [-0.1, -0.05) is 6.92 Å². The Morgan fingerprint density at radius 2 is 2.20 bits per heavy atom. The van der Waals surface area contributed by atoms with E-state index in [1.807, 2.05) is 6.21 Å². The fourth-order valence-corrected chi connectivity index (χ4v) is 3.91. The van der Waals surface area contributed by atoms with Crippen LogP contribution in [0.2, 0.25) is 0 Å². The van der Waals surface area contributed by atoms with Crippen molar-refractivity contribution < 1.29 is 14.3 Å². The number of carbonyl (C=O) groups excluding carboxylic acids is 2. The van der Waals surface area contributed by atoms with E-state index in [0.29, 0.717) is 32.2 Å². The van der Waals surface area contributed by atoms with E-state index in [-0.39, 0.29) is 24.0 Å². The number of amides is 2. The van der Waals surface area contributed by atoms with Crippen LogP contribution in [0.3, 0.4) is 0 Å². The summed E-state index contributed by atoms with van der Waals surface area (Å²) >= 11 is 0. The maximum atomic E-state index is 12.3. The first-order chi connectivity index (χ1) is 12.2. The summed E-state index contributed by atoms with van der Waals surface area (Å²) in [7, 11) is 0. The zero-order valence-corrected chi connectivity index (χ0v) is 14.5. The summed E-state index contributed by atoms with van der Waals surface area (Å²) in [6.07, 6.45) is 4.52. The molecule has 2 amide bonds. The third kappa shape index (κ3) is 3.09. The highest BCUT2D eigenvalue weighted by Crippen LogP contribution is 2.32. The van der Waals surface area contributed by atoms with Gasteiger partial charge in [0.15, 0.2) is 0 Å². The zero-order chi connectivity index (χ0) is 17.4. The van der Waals surface area contributed by atoms with Gasteiger partial charge in [0.25, 0.3) is 0 Å². The quantitative estimate of drug-likeness (QED) is 0.687. The van der Waals surface area contributed by atoms with Crippen LogP contribution in [0.25, 0.3) is 0 Å². The van der Waals surface area contributed by atoms with Gasteiger partial charge < -0.3 is 10.1 Å². The van der Waals surface area contributed by atoms with Crippen LogP contribution >= 0.6 is 0 Å². The summed E-state index contributed by atoms with van der Waals surface area (Å²) in [5.74, 6) is -0.390. The average Bonchev–Trinajstić information content (AvgIpc) is 2.73. The Hall–Kier alpha value is -1.77. The molecule has 2 fully saturated rings. The largest absolute Gasteiger partial charge is 0.356 e. The zero-order valence-electron chi connectivity index (χ0n) is 14.5. The Kier molecular flexibility index (Phi) is 4.58. The van der Waals surface area contributed by atoms with Crippen molar-refractivity contribution in [3.63, 3.8) is 0 Å². The maximum Gasteiger partial charge on any atom is 0.243 e. The van der Waals surface area contributed by atoms with E-state index >= 15 is 0 Å². The molecule has 2 atom stereocenters. The van der Waals surface area contributed by atoms with Crippen LogP contribution in [-0.2, 0) is 14.3 Å². The second-order valence-corrected chi connectivity index (χ2v) is 7.03. The first-order valence-corrected chi connectivity index (χ1v) is 9.11. The molecule has 8 heteroatoms. The van der Waals surface area contributed by atoms with Crippen molar-refractivity contribution in [2.24, 2.45) is 5.10 Å². The van der Waals surface area contributed by atoms with E-state index in [9.17, 15) is 9.59 Å². The number of ether oxygens (including phenoxy) is 1. The summed E-state index contributed by atoms with van der Waals surface area (Å²) in [6, 6.07) is 0.0705. The molecule has 0 aromatic rings. The molecule has 0 aromatic carbocycles. The highest BCUT2D eigenvalue weighted by atomic mass is 16.5. The smallest absolute Gasteiger partial charge is 0.243 e. The van der Waals surface area contributed by atoms with Crippen molar-refractivity contribution in [3.05, 3.63) is 11.3 Å². The molecular formula is C17H25N5O3. The molecule has 0 saturated carbocycles. The van der Waals surface area contributed by atoms with Gasteiger partial charge in [-0.3, -0.25) is 24.8 Å². The topological polar surface area (TPSA) is 86.3 Å². The van der Waals surface area contributed by atoms with Crippen molar-refractivity contribution in [3.8, 4) is 0 Å². The van der Waals surface area contributed by atoms with Gasteiger partial charge in [-0.05, 0) is 18.4 Å². The Bertz CT molecular complexity index is 628. The van der Waals surface area contributed by atoms with Gasteiger partial charge in [-0.25, -0.2) is 0 Å². The number of nitrogens with one attached hydrogen (secondary N) is 2. The third-order valence-corrected chi connectivity index (χ3v) is 5.46. The van der Waals surface area contributed by atoms with E-state index in [0.717, 1.165) is 25.9 Å². The van der Waals surface area contributed by atoms with Gasteiger partial charge in [0.2, 0.25) is 11.8 Å². The van der Waals surface area contributed by atoms with E-state index in [1.165, 1.54) is 11.3 Å². The first-order valence-electron chi connectivity index (χ1n) is 9.11. The molecule has 136 valence electrons. The predicted molar refractivity (Wildman–Crippen MR) is 91.5 cm³/mol. The van der Waals surface area contributed by atoms with Crippen LogP contribution < -0.4 is 10.6 Å². The van der Waals surface area contributed by atoms with E-state index in [4.69, 9.17) is 4.74 Å².